The van der Waals surface area contributed by atoms with E-state index in [0.717, 1.165) is 10.9 Å². The number of para-hydroxylation sites is 1. The van der Waals surface area contributed by atoms with Crippen LogP contribution in [0.5, 0.6) is 11.5 Å². The molecule has 0 aliphatic heterocycles. The highest BCUT2D eigenvalue weighted by Crippen LogP contribution is 2.28. The Morgan fingerprint density at radius 2 is 1.85 bits per heavy atom. The van der Waals surface area contributed by atoms with Gasteiger partial charge in [-0.2, -0.15) is 0 Å². The Labute approximate surface area is 156 Å². The van der Waals surface area contributed by atoms with Crippen LogP contribution in [0.4, 0.5) is 5.69 Å². The van der Waals surface area contributed by atoms with E-state index in [-0.39, 0.29) is 24.8 Å². The summed E-state index contributed by atoms with van der Waals surface area (Å²) >= 11 is 0. The first-order valence-corrected chi connectivity index (χ1v) is 8.48. The monoisotopic (exact) mass is 367 g/mol. The molecule has 0 saturated carbocycles. The van der Waals surface area contributed by atoms with Gasteiger partial charge in [0.15, 0.2) is 0 Å². The van der Waals surface area contributed by atoms with Crippen LogP contribution in [0.25, 0.3) is 10.9 Å². The average molecular weight is 367 g/mol. The fourth-order valence-electron chi connectivity index (χ4n) is 2.70. The van der Waals surface area contributed by atoms with Crippen LogP contribution in [-0.2, 0) is 4.79 Å². The van der Waals surface area contributed by atoms with Gasteiger partial charge in [0.1, 0.15) is 17.2 Å². The van der Waals surface area contributed by atoms with E-state index < -0.39 is 0 Å². The van der Waals surface area contributed by atoms with Crippen molar-refractivity contribution in [1.29, 1.82) is 0 Å². The Kier molecular flexibility index (Phi) is 5.61. The molecule has 0 saturated heterocycles. The van der Waals surface area contributed by atoms with Gasteiger partial charge in [-0.1, -0.05) is 18.2 Å². The van der Waals surface area contributed by atoms with Crippen LogP contribution in [0.3, 0.4) is 0 Å². The van der Waals surface area contributed by atoms with E-state index in [1.807, 2.05) is 24.3 Å². The second-order valence-corrected chi connectivity index (χ2v) is 5.89. The molecule has 0 spiro atoms. The van der Waals surface area contributed by atoms with Crippen molar-refractivity contribution < 1.29 is 19.1 Å². The fraction of sp³-hybridized carbons (Fsp3) is 0.200. The lowest BCUT2D eigenvalue weighted by Gasteiger charge is -2.12. The van der Waals surface area contributed by atoms with Crippen LogP contribution in [0, 0.1) is 0 Å². The number of hydrogen-bond donors (Lipinski definition) is 3. The first kappa shape index (κ1) is 18.3. The van der Waals surface area contributed by atoms with Crippen LogP contribution in [-0.4, -0.2) is 37.6 Å². The first-order chi connectivity index (χ1) is 13.1. The van der Waals surface area contributed by atoms with Gasteiger partial charge < -0.3 is 25.1 Å². The molecule has 7 heteroatoms. The van der Waals surface area contributed by atoms with Gasteiger partial charge in [0.2, 0.25) is 5.91 Å². The predicted molar refractivity (Wildman–Crippen MR) is 103 cm³/mol. The van der Waals surface area contributed by atoms with Crippen molar-refractivity contribution in [3.8, 4) is 11.5 Å². The fourth-order valence-corrected chi connectivity index (χ4v) is 2.70. The number of aromatic amines is 1. The van der Waals surface area contributed by atoms with Crippen LogP contribution in [0.15, 0.2) is 48.5 Å². The number of ether oxygens (including phenoxy) is 2. The van der Waals surface area contributed by atoms with E-state index in [1.165, 1.54) is 7.11 Å². The van der Waals surface area contributed by atoms with Gasteiger partial charge in [-0.05, 0) is 24.3 Å². The minimum absolute atomic E-state index is 0.131. The number of amides is 2. The number of nitrogens with one attached hydrogen (secondary N) is 3. The smallest absolute Gasteiger partial charge is 0.267 e. The summed E-state index contributed by atoms with van der Waals surface area (Å²) in [7, 11) is 3.07. The third kappa shape index (κ3) is 4.38. The molecular weight excluding hydrogens is 346 g/mol. The molecule has 0 radical (unpaired) electrons. The second-order valence-electron chi connectivity index (χ2n) is 5.89. The number of aromatic nitrogens is 1. The SMILES string of the molecule is COc1ccc(OC)c(NC(=O)CCNC(=O)c2cc3ccccc3[nH]2)c1. The molecule has 3 aromatic rings. The van der Waals surface area contributed by atoms with Crippen molar-refractivity contribution in [3.05, 3.63) is 54.2 Å². The summed E-state index contributed by atoms with van der Waals surface area (Å²) in [4.78, 5) is 27.5. The summed E-state index contributed by atoms with van der Waals surface area (Å²) in [6.45, 7) is 0.215. The lowest BCUT2D eigenvalue weighted by molar-refractivity contribution is -0.116. The van der Waals surface area contributed by atoms with Crippen molar-refractivity contribution in [2.24, 2.45) is 0 Å². The molecule has 2 amide bonds. The maximum absolute atomic E-state index is 12.2. The predicted octanol–water partition coefficient (Wildman–Crippen LogP) is 2.94. The zero-order valence-corrected chi connectivity index (χ0v) is 15.2. The third-order valence-electron chi connectivity index (χ3n) is 4.09. The zero-order valence-electron chi connectivity index (χ0n) is 15.2. The zero-order chi connectivity index (χ0) is 19.2. The topological polar surface area (TPSA) is 92.4 Å². The number of benzene rings is 2. The molecule has 3 rings (SSSR count). The molecule has 2 aromatic carbocycles. The van der Waals surface area contributed by atoms with Gasteiger partial charge in [-0.15, -0.1) is 0 Å². The minimum atomic E-state index is -0.252. The normalized spacial score (nSPS) is 10.4. The maximum Gasteiger partial charge on any atom is 0.267 e. The van der Waals surface area contributed by atoms with Crippen LogP contribution < -0.4 is 20.1 Å². The average Bonchev–Trinajstić information content (AvgIpc) is 3.12. The molecule has 1 heterocycles. The van der Waals surface area contributed by atoms with E-state index >= 15 is 0 Å². The van der Waals surface area contributed by atoms with E-state index in [2.05, 4.69) is 15.6 Å². The van der Waals surface area contributed by atoms with Gasteiger partial charge in [-0.3, -0.25) is 9.59 Å². The Bertz CT molecular complexity index is 932. The molecule has 140 valence electrons. The summed E-state index contributed by atoms with van der Waals surface area (Å²) in [6.07, 6.45) is 0.131. The molecule has 3 N–H and O–H groups in total. The summed E-state index contributed by atoms with van der Waals surface area (Å²) < 4.78 is 10.4. The summed E-state index contributed by atoms with van der Waals surface area (Å²) in [5, 5.41) is 6.47. The number of hydrogen-bond acceptors (Lipinski definition) is 4. The maximum atomic E-state index is 12.2. The third-order valence-corrected chi connectivity index (χ3v) is 4.09. The standard InChI is InChI=1S/C20H21N3O4/c1-26-14-7-8-18(27-2)16(12-14)23-19(24)9-10-21-20(25)17-11-13-5-3-4-6-15(13)22-17/h3-8,11-12,22H,9-10H2,1-2H3,(H,21,25)(H,23,24). The van der Waals surface area contributed by atoms with Gasteiger partial charge >= 0.3 is 0 Å². The number of rotatable bonds is 7. The number of methoxy groups -OCH3 is 2. The minimum Gasteiger partial charge on any atom is -0.497 e. The number of carbonyl (C=O) groups is 2. The molecule has 0 aliphatic carbocycles. The molecule has 1 aromatic heterocycles. The molecule has 0 bridgehead atoms. The van der Waals surface area contributed by atoms with Crippen molar-refractivity contribution in [1.82, 2.24) is 10.3 Å². The van der Waals surface area contributed by atoms with E-state index in [0.29, 0.717) is 22.9 Å². The molecule has 0 atom stereocenters. The first-order valence-electron chi connectivity index (χ1n) is 8.48. The van der Waals surface area contributed by atoms with E-state index in [4.69, 9.17) is 9.47 Å². The summed E-state index contributed by atoms with van der Waals surface area (Å²) in [5.41, 5.74) is 1.88. The Morgan fingerprint density at radius 3 is 2.59 bits per heavy atom. The van der Waals surface area contributed by atoms with E-state index in [9.17, 15) is 9.59 Å². The lowest BCUT2D eigenvalue weighted by atomic mass is 10.2. The molecule has 0 unspecified atom stereocenters. The number of anilines is 1. The van der Waals surface area contributed by atoms with Crippen molar-refractivity contribution in [3.63, 3.8) is 0 Å². The Hall–Kier alpha value is -3.48. The van der Waals surface area contributed by atoms with E-state index in [1.54, 1.807) is 31.4 Å². The highest BCUT2D eigenvalue weighted by molar-refractivity contribution is 5.98. The molecule has 0 aliphatic rings. The number of H-pyrrole nitrogens is 1. The summed E-state index contributed by atoms with van der Waals surface area (Å²) in [6, 6.07) is 14.6. The highest BCUT2D eigenvalue weighted by atomic mass is 16.5. The highest BCUT2D eigenvalue weighted by Gasteiger charge is 2.12. The molecule has 0 fully saturated rings. The van der Waals surface area contributed by atoms with Crippen LogP contribution in [0.1, 0.15) is 16.9 Å². The van der Waals surface area contributed by atoms with Crippen LogP contribution >= 0.6 is 0 Å². The lowest BCUT2D eigenvalue weighted by Crippen LogP contribution is -2.27. The largest absolute Gasteiger partial charge is 0.497 e. The Balaban J connectivity index is 1.54. The molecule has 27 heavy (non-hydrogen) atoms. The summed E-state index contributed by atoms with van der Waals surface area (Å²) in [5.74, 6) is 0.654. The van der Waals surface area contributed by atoms with Gasteiger partial charge in [0.05, 0.1) is 19.9 Å². The van der Waals surface area contributed by atoms with Crippen LogP contribution in [0.2, 0.25) is 0 Å². The quantitative estimate of drug-likeness (QED) is 0.599. The van der Waals surface area contributed by atoms with Crippen molar-refractivity contribution in [2.75, 3.05) is 26.1 Å². The second kappa shape index (κ2) is 8.27. The molecule has 7 nitrogen and oxygen atoms in total. The number of fused-ring (bicyclic) bond motifs is 1. The number of carbonyl (C=O) groups excluding carboxylic acids is 2. The van der Waals surface area contributed by atoms with Gasteiger partial charge in [-0.25, -0.2) is 0 Å². The van der Waals surface area contributed by atoms with Crippen molar-refractivity contribution in [2.45, 2.75) is 6.42 Å². The van der Waals surface area contributed by atoms with Gasteiger partial charge in [0, 0.05) is 29.9 Å². The molecular formula is C20H21N3O4. The van der Waals surface area contributed by atoms with Gasteiger partial charge in [0.25, 0.3) is 5.91 Å². The van der Waals surface area contributed by atoms with Crippen molar-refractivity contribution >= 4 is 28.4 Å². The Morgan fingerprint density at radius 1 is 1.04 bits per heavy atom.